The molecule has 0 bridgehead atoms. The van der Waals surface area contributed by atoms with Crippen LogP contribution in [0.5, 0.6) is 5.75 Å². The van der Waals surface area contributed by atoms with Gasteiger partial charge in [0, 0.05) is 18.6 Å². The van der Waals surface area contributed by atoms with Crippen molar-refractivity contribution >= 4 is 0 Å². The third-order valence-electron chi connectivity index (χ3n) is 4.12. The molecule has 0 heterocycles. The number of nitrogens with zero attached hydrogens (tertiary/aromatic N) is 1. The zero-order valence-corrected chi connectivity index (χ0v) is 12.2. The third kappa shape index (κ3) is 4.46. The molecular weight excluding hydrogens is 255 g/mol. The van der Waals surface area contributed by atoms with E-state index in [-0.39, 0.29) is 5.82 Å². The van der Waals surface area contributed by atoms with Crippen LogP contribution in [0.4, 0.5) is 4.39 Å². The summed E-state index contributed by atoms with van der Waals surface area (Å²) < 4.78 is 18.5. The Morgan fingerprint density at radius 3 is 2.45 bits per heavy atom. The second-order valence-electron chi connectivity index (χ2n) is 5.50. The fraction of sp³-hybridized carbons (Fsp3) is 0.625. The molecule has 0 aromatic heterocycles. The molecule has 20 heavy (non-hydrogen) atoms. The van der Waals surface area contributed by atoms with Crippen molar-refractivity contribution in [2.24, 2.45) is 5.73 Å². The van der Waals surface area contributed by atoms with E-state index < -0.39 is 0 Å². The van der Waals surface area contributed by atoms with Gasteiger partial charge >= 0.3 is 0 Å². The first-order chi connectivity index (χ1) is 9.69. The van der Waals surface area contributed by atoms with Gasteiger partial charge in [-0.25, -0.2) is 4.39 Å². The Bertz CT molecular complexity index is 388. The molecule has 4 heteroatoms. The van der Waals surface area contributed by atoms with Crippen LogP contribution in [-0.2, 0) is 0 Å². The highest BCUT2D eigenvalue weighted by molar-refractivity contribution is 5.21. The quantitative estimate of drug-likeness (QED) is 0.871. The fourth-order valence-corrected chi connectivity index (χ4v) is 2.88. The summed E-state index contributed by atoms with van der Waals surface area (Å²) >= 11 is 0. The molecule has 1 aromatic rings. The topological polar surface area (TPSA) is 38.5 Å². The molecule has 2 rings (SSSR count). The average Bonchev–Trinajstić information content (AvgIpc) is 2.47. The van der Waals surface area contributed by atoms with E-state index in [0.717, 1.165) is 31.7 Å². The molecule has 0 amide bonds. The number of ether oxygens (including phenoxy) is 1. The summed E-state index contributed by atoms with van der Waals surface area (Å²) in [6.07, 6.45) is 4.62. The van der Waals surface area contributed by atoms with E-state index in [1.54, 1.807) is 12.1 Å². The number of rotatable bonds is 6. The molecule has 0 saturated heterocycles. The molecule has 1 fully saturated rings. The molecule has 0 spiro atoms. The summed E-state index contributed by atoms with van der Waals surface area (Å²) in [7, 11) is 0. The van der Waals surface area contributed by atoms with Crippen molar-refractivity contribution in [1.29, 1.82) is 0 Å². The van der Waals surface area contributed by atoms with Gasteiger partial charge in [-0.15, -0.1) is 0 Å². The summed E-state index contributed by atoms with van der Waals surface area (Å²) in [5.74, 6) is 0.499. The van der Waals surface area contributed by atoms with Crippen molar-refractivity contribution < 1.29 is 9.13 Å². The maximum Gasteiger partial charge on any atom is 0.123 e. The standard InChI is InChI=1S/C16H25FN2O/c1-2-19(15-7-5-14(18)6-8-15)11-12-20-16-9-3-13(17)4-10-16/h3-4,9-10,14-15H,2,5-8,11-12,18H2,1H3. The summed E-state index contributed by atoms with van der Waals surface area (Å²) in [4.78, 5) is 2.47. The van der Waals surface area contributed by atoms with Crippen molar-refractivity contribution in [3.8, 4) is 5.75 Å². The summed E-state index contributed by atoms with van der Waals surface area (Å²) in [6.45, 7) is 4.77. The smallest absolute Gasteiger partial charge is 0.123 e. The molecule has 0 atom stereocenters. The number of benzene rings is 1. The maximum absolute atomic E-state index is 12.8. The van der Waals surface area contributed by atoms with Crippen LogP contribution in [0.25, 0.3) is 0 Å². The van der Waals surface area contributed by atoms with Crippen LogP contribution in [-0.4, -0.2) is 36.7 Å². The van der Waals surface area contributed by atoms with Crippen molar-refractivity contribution in [2.75, 3.05) is 19.7 Å². The Labute approximate surface area is 120 Å². The van der Waals surface area contributed by atoms with Gasteiger partial charge in [0.15, 0.2) is 0 Å². The van der Waals surface area contributed by atoms with Crippen LogP contribution in [0.2, 0.25) is 0 Å². The summed E-state index contributed by atoms with van der Waals surface area (Å²) in [5, 5.41) is 0. The van der Waals surface area contributed by atoms with Crippen molar-refractivity contribution in [3.63, 3.8) is 0 Å². The molecular formula is C16H25FN2O. The predicted octanol–water partition coefficient (Wildman–Crippen LogP) is 2.80. The Morgan fingerprint density at radius 2 is 1.85 bits per heavy atom. The molecule has 112 valence electrons. The Morgan fingerprint density at radius 1 is 1.20 bits per heavy atom. The lowest BCUT2D eigenvalue weighted by Gasteiger charge is -2.35. The van der Waals surface area contributed by atoms with Gasteiger partial charge < -0.3 is 10.5 Å². The number of nitrogens with two attached hydrogens (primary N) is 1. The lowest BCUT2D eigenvalue weighted by atomic mass is 9.91. The number of hydrogen-bond donors (Lipinski definition) is 1. The minimum absolute atomic E-state index is 0.230. The van der Waals surface area contributed by atoms with Crippen molar-refractivity contribution in [3.05, 3.63) is 30.1 Å². The number of hydrogen-bond acceptors (Lipinski definition) is 3. The SMILES string of the molecule is CCN(CCOc1ccc(F)cc1)C1CCC(N)CC1. The minimum Gasteiger partial charge on any atom is -0.492 e. The molecule has 0 radical (unpaired) electrons. The molecule has 2 N–H and O–H groups in total. The number of likely N-dealkylation sites (N-methyl/N-ethyl adjacent to an activating group) is 1. The van der Waals surface area contributed by atoms with E-state index in [2.05, 4.69) is 11.8 Å². The highest BCUT2D eigenvalue weighted by Gasteiger charge is 2.22. The van der Waals surface area contributed by atoms with E-state index in [9.17, 15) is 4.39 Å². The molecule has 0 unspecified atom stereocenters. The largest absolute Gasteiger partial charge is 0.492 e. The van der Waals surface area contributed by atoms with Crippen LogP contribution in [0, 0.1) is 5.82 Å². The van der Waals surface area contributed by atoms with Crippen molar-refractivity contribution in [1.82, 2.24) is 4.90 Å². The Kier molecular flexibility index (Phi) is 5.80. The minimum atomic E-state index is -0.230. The van der Waals surface area contributed by atoms with Gasteiger partial charge in [-0.1, -0.05) is 6.92 Å². The van der Waals surface area contributed by atoms with Crippen LogP contribution in [0.15, 0.2) is 24.3 Å². The van der Waals surface area contributed by atoms with Gasteiger partial charge in [0.25, 0.3) is 0 Å². The molecule has 3 nitrogen and oxygen atoms in total. The van der Waals surface area contributed by atoms with E-state index in [4.69, 9.17) is 10.5 Å². The van der Waals surface area contributed by atoms with E-state index in [0.29, 0.717) is 18.7 Å². The molecule has 1 aromatic carbocycles. The molecule has 0 aliphatic heterocycles. The first-order valence-corrected chi connectivity index (χ1v) is 7.57. The molecule has 1 aliphatic rings. The van der Waals surface area contributed by atoms with Crippen LogP contribution in [0.1, 0.15) is 32.6 Å². The average molecular weight is 280 g/mol. The van der Waals surface area contributed by atoms with E-state index in [1.807, 2.05) is 0 Å². The van der Waals surface area contributed by atoms with Crippen LogP contribution in [0.3, 0.4) is 0 Å². The summed E-state index contributed by atoms with van der Waals surface area (Å²) in [6, 6.07) is 7.22. The monoisotopic (exact) mass is 280 g/mol. The van der Waals surface area contributed by atoms with Gasteiger partial charge in [0.2, 0.25) is 0 Å². The highest BCUT2D eigenvalue weighted by Crippen LogP contribution is 2.22. The first kappa shape index (κ1) is 15.3. The van der Waals surface area contributed by atoms with Gasteiger partial charge in [0.05, 0.1) is 0 Å². The van der Waals surface area contributed by atoms with Gasteiger partial charge in [-0.2, -0.15) is 0 Å². The van der Waals surface area contributed by atoms with Gasteiger partial charge in [0.1, 0.15) is 18.2 Å². The zero-order chi connectivity index (χ0) is 14.4. The lowest BCUT2D eigenvalue weighted by Crippen LogP contribution is -2.42. The molecule has 1 aliphatic carbocycles. The number of halogens is 1. The maximum atomic E-state index is 12.8. The highest BCUT2D eigenvalue weighted by atomic mass is 19.1. The van der Waals surface area contributed by atoms with E-state index in [1.165, 1.54) is 25.0 Å². The second-order valence-corrected chi connectivity index (χ2v) is 5.50. The summed E-state index contributed by atoms with van der Waals surface area (Å²) in [5.41, 5.74) is 5.95. The molecule has 1 saturated carbocycles. The normalized spacial score (nSPS) is 23.0. The third-order valence-corrected chi connectivity index (χ3v) is 4.12. The first-order valence-electron chi connectivity index (χ1n) is 7.57. The second kappa shape index (κ2) is 7.60. The zero-order valence-electron chi connectivity index (χ0n) is 12.2. The van der Waals surface area contributed by atoms with Gasteiger partial charge in [-0.3, -0.25) is 4.90 Å². The van der Waals surface area contributed by atoms with Gasteiger partial charge in [-0.05, 0) is 56.5 Å². The van der Waals surface area contributed by atoms with E-state index >= 15 is 0 Å². The Balaban J connectivity index is 1.74. The van der Waals surface area contributed by atoms with Crippen molar-refractivity contribution in [2.45, 2.75) is 44.7 Å². The van der Waals surface area contributed by atoms with Crippen LogP contribution >= 0.6 is 0 Å². The van der Waals surface area contributed by atoms with Crippen LogP contribution < -0.4 is 10.5 Å². The lowest BCUT2D eigenvalue weighted by molar-refractivity contribution is 0.132. The fourth-order valence-electron chi connectivity index (χ4n) is 2.88. The Hall–Kier alpha value is -1.13. The predicted molar refractivity (Wildman–Crippen MR) is 79.4 cm³/mol.